The number of halogens is 3. The summed E-state index contributed by atoms with van der Waals surface area (Å²) in [5.41, 5.74) is 9.16. The molecule has 664 valence electrons. The quantitative estimate of drug-likeness (QED) is 0.0413. The van der Waals surface area contributed by atoms with Crippen LogP contribution in [0.3, 0.4) is 0 Å². The first-order chi connectivity index (χ1) is 61.5. The maximum absolute atomic E-state index is 13.1. The maximum Gasteiger partial charge on any atom is 0.416 e. The van der Waals surface area contributed by atoms with Crippen LogP contribution >= 0.6 is 0 Å². The van der Waals surface area contributed by atoms with Crippen LogP contribution in [0.15, 0.2) is 196 Å². The van der Waals surface area contributed by atoms with E-state index in [-0.39, 0.29) is 64.4 Å². The third-order valence-corrected chi connectivity index (χ3v) is 26.1. The molecule has 0 radical (unpaired) electrons. The zero-order valence-electron chi connectivity index (χ0n) is 74.3. The van der Waals surface area contributed by atoms with Gasteiger partial charge in [0.1, 0.15) is 23.3 Å². The van der Waals surface area contributed by atoms with Gasteiger partial charge in [-0.05, 0) is 211 Å². The van der Waals surface area contributed by atoms with Crippen molar-refractivity contribution in [3.63, 3.8) is 0 Å². The largest absolute Gasteiger partial charge is 0.416 e. The molecule has 31 heteroatoms. The Morgan fingerprint density at radius 3 is 0.930 bits per heavy atom. The number of alkyl halides is 3. The number of aromatic nitrogens is 16. The van der Waals surface area contributed by atoms with Gasteiger partial charge in [0.2, 0.25) is 47.4 Å². The van der Waals surface area contributed by atoms with Gasteiger partial charge in [-0.2, -0.15) is 33.1 Å². The van der Waals surface area contributed by atoms with Gasteiger partial charge in [-0.25, -0.2) is 39.9 Å². The fourth-order valence-corrected chi connectivity index (χ4v) is 17.9. The molecule has 4 N–H and O–H groups in total. The summed E-state index contributed by atoms with van der Waals surface area (Å²) >= 11 is 0. The highest BCUT2D eigenvalue weighted by Crippen LogP contribution is 2.52. The Morgan fingerprint density at radius 1 is 0.359 bits per heavy atom. The smallest absolute Gasteiger partial charge is 0.343 e. The van der Waals surface area contributed by atoms with E-state index < -0.39 is 17.3 Å². The van der Waals surface area contributed by atoms with E-state index in [9.17, 15) is 32.3 Å². The van der Waals surface area contributed by atoms with Crippen molar-refractivity contribution >= 4 is 70.7 Å². The second-order valence-electron chi connectivity index (χ2n) is 36.6. The van der Waals surface area contributed by atoms with E-state index in [1.54, 1.807) is 52.6 Å². The summed E-state index contributed by atoms with van der Waals surface area (Å²) in [6.07, 6.45) is 31.6. The molecule has 4 aliphatic carbocycles. The number of benzene rings is 4. The number of rotatable bonds is 25. The first-order valence-corrected chi connectivity index (χ1v) is 44.9. The molecule has 4 aliphatic heterocycles. The molecule has 28 nitrogen and oxygen atoms in total. The molecule has 128 heavy (non-hydrogen) atoms. The molecule has 4 aromatic carbocycles. The van der Waals surface area contributed by atoms with Gasteiger partial charge in [-0.3, -0.25) is 38.8 Å². The van der Waals surface area contributed by atoms with Crippen molar-refractivity contribution < 1.29 is 32.3 Å². The highest BCUT2D eigenvalue weighted by Gasteiger charge is 2.52. The van der Waals surface area contributed by atoms with Crippen molar-refractivity contribution in [3.05, 3.63) is 241 Å². The summed E-state index contributed by atoms with van der Waals surface area (Å²) in [4.78, 5) is 112. The van der Waals surface area contributed by atoms with E-state index in [1.165, 1.54) is 29.1 Å². The summed E-state index contributed by atoms with van der Waals surface area (Å²) in [5, 5.41) is 13.9. The van der Waals surface area contributed by atoms with Gasteiger partial charge in [-0.1, -0.05) is 110 Å². The van der Waals surface area contributed by atoms with Crippen LogP contribution in [0, 0.1) is 37.5 Å². The third-order valence-electron chi connectivity index (χ3n) is 26.1. The Morgan fingerprint density at radius 2 is 0.648 bits per heavy atom. The number of nitrogens with zero attached hydrogens (tertiary/aromatic N) is 20. The molecular weight excluding hydrogens is 1620 g/mol. The van der Waals surface area contributed by atoms with Crippen molar-refractivity contribution in [1.82, 2.24) is 78.1 Å². The van der Waals surface area contributed by atoms with E-state index in [1.807, 2.05) is 56.4 Å². The highest BCUT2D eigenvalue weighted by molar-refractivity contribution is 5.97. The van der Waals surface area contributed by atoms with E-state index in [0.717, 1.165) is 130 Å². The Balaban J connectivity index is 0.000000120. The minimum absolute atomic E-state index is 0.0596. The topological polar surface area (TPSA) is 304 Å². The Bertz CT molecular complexity index is 6000. The minimum Gasteiger partial charge on any atom is -0.343 e. The number of anilines is 8. The average molecular weight is 1730 g/mol. The lowest BCUT2D eigenvalue weighted by molar-refractivity contribution is -0.137. The minimum atomic E-state index is -4.41. The van der Waals surface area contributed by atoms with Gasteiger partial charge in [0.15, 0.2) is 0 Å². The first-order valence-electron chi connectivity index (χ1n) is 44.9. The van der Waals surface area contributed by atoms with Gasteiger partial charge < -0.3 is 39.5 Å². The number of aryl methyl sites for hydroxylation is 3. The molecular formula is C97H111F3N24O4. The first kappa shape index (κ1) is 87.0. The predicted octanol–water partition coefficient (Wildman–Crippen LogP) is 17.9. The summed E-state index contributed by atoms with van der Waals surface area (Å²) in [6, 6.07) is 38.4. The lowest BCUT2D eigenvalue weighted by Gasteiger charge is -2.27. The standard InChI is InChI=1S/C25H30N6O.C24H25F3N6O.2C24H28N6O/c1-4-18-5-7-19(8-6-18)30-15-21(27-16-30)25(12-13-25)29-24-26-14-11-22(28-24)31-20(17(2)3)9-10-23(31)32;1-15(2)18-6-7-21(34)33(18)20-8-11-28-22(30-20)31-23(9-10-23)19-13-32(14-29-19)17-5-3-4-16(12-17)24(25,26)27;1-16(2)19-8-9-22(31)30(19)21-10-13-25-23(27-21)28-24(11-12-24)20-14-29(15-26-20)18-6-4-17(3)5-7-18;1-16(2)19-7-8-22(31)30(19)21-9-12-25-23(27-21)28-24(10-11-24)20-14-29(15-26-20)18-6-4-5-17(3)13-18/h5-8,11,14-17,20H,4,9-10,12-13H2,1-3H3,(H,26,28,29);3-5,8,11-15,18H,6-7,9-10H2,1-2H3,(H,28,30,31);4-7,10,13-16,19H,8-9,11-12H2,1-3H3,(H,25,27,28);4-6,9,12-16,19H,7-8,10-11H2,1-3H3,(H,25,27,28)/t20-;18-;2*19-/m1111/s1. The van der Waals surface area contributed by atoms with Gasteiger partial charge in [0, 0.05) is 122 Å². The van der Waals surface area contributed by atoms with Crippen LogP contribution in [-0.2, 0) is 53.9 Å². The molecule has 4 saturated heterocycles. The van der Waals surface area contributed by atoms with Gasteiger partial charge in [-0.15, -0.1) is 0 Å². The van der Waals surface area contributed by atoms with E-state index >= 15 is 0 Å². The number of nitrogens with one attached hydrogen (secondary N) is 4. The highest BCUT2D eigenvalue weighted by atomic mass is 19.4. The van der Waals surface area contributed by atoms with E-state index in [0.29, 0.717) is 108 Å². The maximum atomic E-state index is 13.1. The summed E-state index contributed by atoms with van der Waals surface area (Å²) < 4.78 is 47.0. The Hall–Kier alpha value is -13.1. The number of imidazole rings is 4. The molecule has 8 fully saturated rings. The van der Waals surface area contributed by atoms with Crippen molar-refractivity contribution in [2.45, 2.75) is 238 Å². The van der Waals surface area contributed by atoms with Crippen LogP contribution < -0.4 is 40.9 Å². The predicted molar refractivity (Wildman–Crippen MR) is 486 cm³/mol. The number of amides is 4. The second kappa shape index (κ2) is 35.6. The molecule has 8 aliphatic rings. The van der Waals surface area contributed by atoms with Crippen LogP contribution in [0.5, 0.6) is 0 Å². The molecule has 0 spiro atoms. The zero-order chi connectivity index (χ0) is 89.6. The fourth-order valence-electron chi connectivity index (χ4n) is 17.9. The van der Waals surface area contributed by atoms with Crippen molar-refractivity contribution in [2.75, 3.05) is 40.9 Å². The molecule has 4 atom stereocenters. The molecule has 0 bridgehead atoms. The lowest BCUT2D eigenvalue weighted by atomic mass is 10.0. The summed E-state index contributed by atoms with van der Waals surface area (Å²) in [6.45, 7) is 23.4. The van der Waals surface area contributed by atoms with Crippen molar-refractivity contribution in [1.29, 1.82) is 0 Å². The molecule has 8 aromatic heterocycles. The molecule has 12 aromatic rings. The summed E-state index contributed by atoms with van der Waals surface area (Å²) in [7, 11) is 0. The fraction of sp³-hybridized carbons (Fsp3) is 0.423. The molecule has 4 saturated carbocycles. The average Bonchev–Trinajstić information content (AvgIpc) is 1.61. The number of hydrogen-bond donors (Lipinski definition) is 4. The van der Waals surface area contributed by atoms with Crippen LogP contribution in [0.25, 0.3) is 22.7 Å². The third kappa shape index (κ3) is 18.7. The second-order valence-corrected chi connectivity index (χ2v) is 36.6. The normalized spacial score (nSPS) is 19.7. The Kier molecular flexibility index (Phi) is 24.2. The number of carbonyl (C=O) groups is 4. The summed E-state index contributed by atoms with van der Waals surface area (Å²) in [5.74, 6) is 6.60. The van der Waals surface area contributed by atoms with Gasteiger partial charge >= 0.3 is 6.18 Å². The van der Waals surface area contributed by atoms with Crippen molar-refractivity contribution in [3.8, 4) is 22.7 Å². The van der Waals surface area contributed by atoms with E-state index in [2.05, 4.69) is 238 Å². The molecule has 12 heterocycles. The zero-order valence-corrected chi connectivity index (χ0v) is 74.3. The van der Waals surface area contributed by atoms with Gasteiger partial charge in [0.25, 0.3) is 0 Å². The van der Waals surface area contributed by atoms with Crippen LogP contribution in [0.4, 0.5) is 60.2 Å². The molecule has 0 unspecified atom stereocenters. The molecule has 4 amide bonds. The monoisotopic (exact) mass is 1730 g/mol. The SMILES string of the molecule is CC(C)[C@H]1CCC(=O)N1c1ccnc(NC2(c3cn(-c4cccc(C(F)(F)F)c4)cn3)CC2)n1.CCc1ccc(-n2cnc(C3(Nc4nccc(N5C(=O)CC[C@@H]5C(C)C)n4)CC3)c2)cc1.Cc1ccc(-n2cnc(C3(Nc4nccc(N5C(=O)CC[C@@H]5C(C)C)n4)CC3)c2)cc1.Cc1cccc(-n2cnc(C3(Nc4nccc(N5C(=O)CC[C@@H]5C(C)C)n4)CC3)c2)c1. The van der Waals surface area contributed by atoms with Crippen molar-refractivity contribution in [2.24, 2.45) is 23.7 Å². The van der Waals surface area contributed by atoms with Gasteiger partial charge in [0.05, 0.1) is 75.8 Å². The van der Waals surface area contributed by atoms with Crippen LogP contribution in [0.1, 0.15) is 210 Å². The number of carbonyl (C=O) groups excluding carboxylic acids is 4. The van der Waals surface area contributed by atoms with Crippen LogP contribution in [-0.4, -0.2) is 126 Å². The molecule has 20 rings (SSSR count). The lowest BCUT2D eigenvalue weighted by Crippen LogP contribution is -2.37. The van der Waals surface area contributed by atoms with Crippen LogP contribution in [0.2, 0.25) is 0 Å². The Labute approximate surface area is 743 Å². The number of hydrogen-bond acceptors (Lipinski definition) is 20. The van der Waals surface area contributed by atoms with E-state index in [4.69, 9.17) is 19.9 Å².